The van der Waals surface area contributed by atoms with Crippen LogP contribution < -0.4 is 0 Å². The third-order valence-corrected chi connectivity index (χ3v) is 3.69. The smallest absolute Gasteiger partial charge is 0.341 e. The Morgan fingerprint density at radius 2 is 1.91 bits per heavy atom. The van der Waals surface area contributed by atoms with Crippen LogP contribution in [-0.2, 0) is 9.03 Å². The largest absolute Gasteiger partial charge is 0.422 e. The molecule has 0 saturated heterocycles. The molecule has 0 aromatic heterocycles. The molecule has 0 amide bonds. The zero-order valence-corrected chi connectivity index (χ0v) is 12.2. The predicted molar refractivity (Wildman–Crippen MR) is 83.3 cm³/mol. The maximum absolute atomic E-state index is 12.5. The van der Waals surface area contributed by atoms with Gasteiger partial charge in [0.25, 0.3) is 5.79 Å². The molecule has 0 bridgehead atoms. The van der Waals surface area contributed by atoms with Gasteiger partial charge in [0, 0.05) is 0 Å². The summed E-state index contributed by atoms with van der Waals surface area (Å²) < 4.78 is 9.88. The van der Waals surface area contributed by atoms with Gasteiger partial charge in [-0.05, 0) is 29.0 Å². The molecule has 4 nitrogen and oxygen atoms in total. The van der Waals surface area contributed by atoms with Crippen LogP contribution in [0.5, 0.6) is 0 Å². The summed E-state index contributed by atoms with van der Waals surface area (Å²) >= 11 is 5.35. The highest BCUT2D eigenvalue weighted by atomic mass is 35.5. The molecule has 2 aromatic carbocycles. The summed E-state index contributed by atoms with van der Waals surface area (Å²) in [6.07, 6.45) is 5.06. The first-order valence-corrected chi connectivity index (χ1v) is 7.02. The van der Waals surface area contributed by atoms with Gasteiger partial charge in [0.05, 0.1) is 17.4 Å². The standard InChI is InChI=1S/C17H13ClO4/c18-22-15-10-3-4-11-17(15,20)21-16(19)14-9-5-7-12-6-1-2-8-13(12)14/h1-11,15,20H. The molecule has 112 valence electrons. The van der Waals surface area contributed by atoms with Crippen molar-refractivity contribution in [3.63, 3.8) is 0 Å². The van der Waals surface area contributed by atoms with Crippen LogP contribution in [0.25, 0.3) is 10.8 Å². The molecule has 0 radical (unpaired) electrons. The molecule has 2 aromatic rings. The monoisotopic (exact) mass is 316 g/mol. The van der Waals surface area contributed by atoms with E-state index in [1.165, 1.54) is 12.2 Å². The Morgan fingerprint density at radius 3 is 2.73 bits per heavy atom. The molecular formula is C17H13ClO4. The highest BCUT2D eigenvalue weighted by Crippen LogP contribution is 2.27. The molecule has 2 atom stereocenters. The highest BCUT2D eigenvalue weighted by Gasteiger charge is 2.40. The molecule has 3 rings (SSSR count). The Bertz CT molecular complexity index is 763. The lowest BCUT2D eigenvalue weighted by molar-refractivity contribution is -0.169. The van der Waals surface area contributed by atoms with Crippen molar-refractivity contribution in [1.82, 2.24) is 0 Å². The summed E-state index contributed by atoms with van der Waals surface area (Å²) in [6, 6.07) is 12.7. The van der Waals surface area contributed by atoms with E-state index in [-0.39, 0.29) is 0 Å². The van der Waals surface area contributed by atoms with Crippen molar-refractivity contribution < 1.29 is 18.9 Å². The number of carbonyl (C=O) groups is 1. The maximum atomic E-state index is 12.5. The van der Waals surface area contributed by atoms with E-state index >= 15 is 0 Å². The van der Waals surface area contributed by atoms with E-state index in [1.807, 2.05) is 30.3 Å². The SMILES string of the molecule is O=C(OC1(O)C=CC=CC1OCl)c1cccc2ccccc12. The zero-order valence-electron chi connectivity index (χ0n) is 11.5. The summed E-state index contributed by atoms with van der Waals surface area (Å²) in [5.74, 6) is -2.59. The normalized spacial score (nSPS) is 23.6. The fourth-order valence-corrected chi connectivity index (χ4v) is 2.57. The van der Waals surface area contributed by atoms with Crippen molar-refractivity contribution in [3.8, 4) is 0 Å². The van der Waals surface area contributed by atoms with Crippen LogP contribution in [0, 0.1) is 0 Å². The van der Waals surface area contributed by atoms with Gasteiger partial charge in [0.1, 0.15) is 0 Å². The average Bonchev–Trinajstić information content (AvgIpc) is 2.54. The summed E-state index contributed by atoms with van der Waals surface area (Å²) in [7, 11) is 0. The molecule has 0 heterocycles. The van der Waals surface area contributed by atoms with Gasteiger partial charge in [-0.25, -0.2) is 4.79 Å². The third-order valence-electron chi connectivity index (χ3n) is 3.50. The van der Waals surface area contributed by atoms with Crippen LogP contribution >= 0.6 is 11.9 Å². The minimum absolute atomic E-state index is 0.364. The number of hydrogen-bond donors (Lipinski definition) is 1. The van der Waals surface area contributed by atoms with Crippen molar-refractivity contribution in [2.75, 3.05) is 0 Å². The number of aliphatic hydroxyl groups is 1. The highest BCUT2D eigenvalue weighted by molar-refractivity contribution is 6.07. The van der Waals surface area contributed by atoms with E-state index in [0.717, 1.165) is 10.8 Å². The molecule has 0 saturated carbocycles. The molecule has 0 fully saturated rings. The Morgan fingerprint density at radius 1 is 1.14 bits per heavy atom. The number of esters is 1. The second-order valence-electron chi connectivity index (χ2n) is 4.92. The van der Waals surface area contributed by atoms with Crippen LogP contribution in [0.15, 0.2) is 66.8 Å². The Kier molecular flexibility index (Phi) is 3.98. The second kappa shape index (κ2) is 5.93. The summed E-state index contributed by atoms with van der Waals surface area (Å²) in [6.45, 7) is 0. The molecule has 1 aliphatic rings. The van der Waals surface area contributed by atoms with E-state index in [1.54, 1.807) is 24.3 Å². The quantitative estimate of drug-likeness (QED) is 0.697. The molecule has 0 spiro atoms. The van der Waals surface area contributed by atoms with E-state index < -0.39 is 17.9 Å². The Labute approximate surface area is 132 Å². The van der Waals surface area contributed by atoms with E-state index in [2.05, 4.69) is 4.29 Å². The van der Waals surface area contributed by atoms with Crippen LogP contribution in [0.3, 0.4) is 0 Å². The lowest BCUT2D eigenvalue weighted by Crippen LogP contribution is -2.45. The van der Waals surface area contributed by atoms with E-state index in [9.17, 15) is 9.90 Å². The molecular weight excluding hydrogens is 304 g/mol. The van der Waals surface area contributed by atoms with Crippen LogP contribution in [0.4, 0.5) is 0 Å². The average molecular weight is 317 g/mol. The number of carbonyl (C=O) groups excluding carboxylic acids is 1. The molecule has 1 aliphatic carbocycles. The van der Waals surface area contributed by atoms with E-state index in [0.29, 0.717) is 5.56 Å². The zero-order chi connectivity index (χ0) is 15.6. The number of rotatable bonds is 3. The van der Waals surface area contributed by atoms with Gasteiger partial charge in [-0.2, -0.15) is 0 Å². The maximum Gasteiger partial charge on any atom is 0.341 e. The van der Waals surface area contributed by atoms with Crippen molar-refractivity contribution in [2.45, 2.75) is 11.9 Å². The summed E-state index contributed by atoms with van der Waals surface area (Å²) in [5, 5.41) is 12.1. The summed E-state index contributed by atoms with van der Waals surface area (Å²) in [5.41, 5.74) is 0.364. The number of ether oxygens (including phenoxy) is 1. The number of fused-ring (bicyclic) bond motifs is 1. The number of benzene rings is 2. The lowest BCUT2D eigenvalue weighted by Gasteiger charge is -2.30. The van der Waals surface area contributed by atoms with Gasteiger partial charge in [0.2, 0.25) is 0 Å². The molecule has 5 heteroatoms. The van der Waals surface area contributed by atoms with E-state index in [4.69, 9.17) is 16.6 Å². The van der Waals surface area contributed by atoms with Gasteiger partial charge in [-0.3, -0.25) is 4.29 Å². The predicted octanol–water partition coefficient (Wildman–Crippen LogP) is 3.35. The minimum atomic E-state index is -1.94. The number of allylic oxidation sites excluding steroid dienone is 2. The molecule has 2 unspecified atom stereocenters. The van der Waals surface area contributed by atoms with Gasteiger partial charge >= 0.3 is 5.97 Å². The number of halogens is 1. The molecule has 0 aliphatic heterocycles. The topological polar surface area (TPSA) is 55.8 Å². The van der Waals surface area contributed by atoms with Crippen molar-refractivity contribution in [1.29, 1.82) is 0 Å². The molecule has 1 N–H and O–H groups in total. The van der Waals surface area contributed by atoms with Gasteiger partial charge in [-0.15, -0.1) is 0 Å². The van der Waals surface area contributed by atoms with Crippen LogP contribution in [0.1, 0.15) is 10.4 Å². The third kappa shape index (κ3) is 2.64. The van der Waals surface area contributed by atoms with Crippen LogP contribution in [-0.4, -0.2) is 23.0 Å². The summed E-state index contributed by atoms with van der Waals surface area (Å²) in [4.78, 5) is 12.5. The van der Waals surface area contributed by atoms with Crippen LogP contribution in [0.2, 0.25) is 0 Å². The first-order valence-electron chi connectivity index (χ1n) is 6.71. The first kappa shape index (κ1) is 14.8. The second-order valence-corrected chi connectivity index (χ2v) is 5.10. The Balaban J connectivity index is 1.94. The van der Waals surface area contributed by atoms with Gasteiger partial charge in [0.15, 0.2) is 6.10 Å². The van der Waals surface area contributed by atoms with Crippen molar-refractivity contribution >= 4 is 28.6 Å². The molecule has 22 heavy (non-hydrogen) atoms. The number of hydrogen-bond acceptors (Lipinski definition) is 4. The Hall–Kier alpha value is -2.14. The minimum Gasteiger partial charge on any atom is -0.422 e. The fraction of sp³-hybridized carbons (Fsp3) is 0.118. The van der Waals surface area contributed by atoms with Gasteiger partial charge < -0.3 is 9.84 Å². The lowest BCUT2D eigenvalue weighted by atomic mass is 10.0. The van der Waals surface area contributed by atoms with Crippen molar-refractivity contribution in [3.05, 3.63) is 72.3 Å². The van der Waals surface area contributed by atoms with Crippen molar-refractivity contribution in [2.24, 2.45) is 0 Å². The van der Waals surface area contributed by atoms with Gasteiger partial charge in [-0.1, -0.05) is 48.6 Å². The fourth-order valence-electron chi connectivity index (χ4n) is 2.38. The first-order chi connectivity index (χ1) is 10.6.